The highest BCUT2D eigenvalue weighted by molar-refractivity contribution is 7.11. The molecule has 0 saturated heterocycles. The summed E-state index contributed by atoms with van der Waals surface area (Å²) in [6.45, 7) is 6.45. The monoisotopic (exact) mass is 334 g/mol. The fraction of sp³-hybridized carbons (Fsp3) is 0.471. The van der Waals surface area contributed by atoms with Gasteiger partial charge in [-0.2, -0.15) is 0 Å². The third-order valence-corrected chi connectivity index (χ3v) is 4.48. The smallest absolute Gasteiger partial charge is 0.191 e. The van der Waals surface area contributed by atoms with Crippen LogP contribution >= 0.6 is 11.3 Å². The highest BCUT2D eigenvalue weighted by Crippen LogP contribution is 2.18. The lowest BCUT2D eigenvalue weighted by atomic mass is 10.2. The summed E-state index contributed by atoms with van der Waals surface area (Å²) in [4.78, 5) is 9.39. The van der Waals surface area contributed by atoms with Gasteiger partial charge in [0.15, 0.2) is 5.96 Å². The maximum atomic E-state index is 5.54. The van der Waals surface area contributed by atoms with Crippen molar-refractivity contribution in [2.75, 3.05) is 27.2 Å². The van der Waals surface area contributed by atoms with Gasteiger partial charge in [0.05, 0.1) is 18.8 Å². The van der Waals surface area contributed by atoms with Crippen LogP contribution < -0.4 is 10.6 Å². The van der Waals surface area contributed by atoms with Crippen LogP contribution in [0.15, 0.2) is 39.9 Å². The predicted octanol–water partition coefficient (Wildman–Crippen LogP) is 3.01. The SMILES string of the molecule is CCNC(=NCc1ccc(C)s1)NCC(c1ccco1)N(C)C. The Labute approximate surface area is 142 Å². The fourth-order valence-electron chi connectivity index (χ4n) is 2.28. The van der Waals surface area contributed by atoms with Crippen molar-refractivity contribution >= 4 is 17.3 Å². The highest BCUT2D eigenvalue weighted by Gasteiger charge is 2.17. The lowest BCUT2D eigenvalue weighted by Crippen LogP contribution is -2.41. The van der Waals surface area contributed by atoms with E-state index in [1.54, 1.807) is 17.6 Å². The van der Waals surface area contributed by atoms with E-state index < -0.39 is 0 Å². The van der Waals surface area contributed by atoms with Crippen LogP contribution in [0.3, 0.4) is 0 Å². The van der Waals surface area contributed by atoms with Crippen molar-refractivity contribution in [3.8, 4) is 0 Å². The average molecular weight is 334 g/mol. The van der Waals surface area contributed by atoms with Crippen LogP contribution in [0.4, 0.5) is 0 Å². The van der Waals surface area contributed by atoms with E-state index in [2.05, 4.69) is 46.5 Å². The van der Waals surface area contributed by atoms with Gasteiger partial charge >= 0.3 is 0 Å². The third kappa shape index (κ3) is 5.41. The molecule has 2 aromatic heterocycles. The zero-order chi connectivity index (χ0) is 16.7. The molecule has 1 atom stereocenters. The number of hydrogen-bond donors (Lipinski definition) is 2. The number of rotatable bonds is 7. The third-order valence-electron chi connectivity index (χ3n) is 3.49. The molecule has 0 fully saturated rings. The number of nitrogens with one attached hydrogen (secondary N) is 2. The Kier molecular flexibility index (Phi) is 6.67. The van der Waals surface area contributed by atoms with Gasteiger partial charge in [0.25, 0.3) is 0 Å². The molecule has 23 heavy (non-hydrogen) atoms. The van der Waals surface area contributed by atoms with Gasteiger partial charge in [-0.3, -0.25) is 4.90 Å². The van der Waals surface area contributed by atoms with Gasteiger partial charge in [-0.25, -0.2) is 4.99 Å². The summed E-state index contributed by atoms with van der Waals surface area (Å²) in [5.74, 6) is 1.78. The number of hydrogen-bond acceptors (Lipinski definition) is 4. The van der Waals surface area contributed by atoms with Crippen LogP contribution in [-0.2, 0) is 6.54 Å². The normalized spacial score (nSPS) is 13.3. The Morgan fingerprint density at radius 2 is 2.13 bits per heavy atom. The van der Waals surface area contributed by atoms with Gasteiger partial charge in [0.2, 0.25) is 0 Å². The minimum absolute atomic E-state index is 0.165. The Bertz CT molecular complexity index is 604. The molecular formula is C17H26N4OS. The minimum Gasteiger partial charge on any atom is -0.468 e. The number of aliphatic imine (C=N–C) groups is 1. The molecule has 2 heterocycles. The topological polar surface area (TPSA) is 52.8 Å². The Morgan fingerprint density at radius 1 is 1.30 bits per heavy atom. The Morgan fingerprint density at radius 3 is 2.70 bits per heavy atom. The first-order valence-electron chi connectivity index (χ1n) is 7.87. The van der Waals surface area contributed by atoms with Crippen molar-refractivity contribution in [3.05, 3.63) is 46.0 Å². The van der Waals surface area contributed by atoms with E-state index in [9.17, 15) is 0 Å². The van der Waals surface area contributed by atoms with Gasteiger partial charge in [-0.05, 0) is 52.2 Å². The van der Waals surface area contributed by atoms with Crippen molar-refractivity contribution < 1.29 is 4.42 Å². The first-order valence-corrected chi connectivity index (χ1v) is 8.69. The summed E-state index contributed by atoms with van der Waals surface area (Å²) in [6, 6.07) is 8.36. The summed E-state index contributed by atoms with van der Waals surface area (Å²) in [6.07, 6.45) is 1.71. The summed E-state index contributed by atoms with van der Waals surface area (Å²) in [5.41, 5.74) is 0. The molecule has 0 aliphatic carbocycles. The van der Waals surface area contributed by atoms with Crippen molar-refractivity contribution in [1.82, 2.24) is 15.5 Å². The van der Waals surface area contributed by atoms with E-state index in [1.165, 1.54) is 9.75 Å². The van der Waals surface area contributed by atoms with Crippen molar-refractivity contribution in [2.45, 2.75) is 26.4 Å². The van der Waals surface area contributed by atoms with E-state index in [4.69, 9.17) is 4.42 Å². The van der Waals surface area contributed by atoms with Crippen LogP contribution in [0.5, 0.6) is 0 Å². The molecule has 1 unspecified atom stereocenters. The molecule has 0 radical (unpaired) electrons. The Hall–Kier alpha value is -1.79. The molecular weight excluding hydrogens is 308 g/mol. The van der Waals surface area contributed by atoms with E-state index >= 15 is 0 Å². The number of nitrogens with zero attached hydrogens (tertiary/aromatic N) is 2. The highest BCUT2D eigenvalue weighted by atomic mass is 32.1. The van der Waals surface area contributed by atoms with Crippen molar-refractivity contribution in [2.24, 2.45) is 4.99 Å². The second kappa shape index (κ2) is 8.74. The second-order valence-electron chi connectivity index (χ2n) is 5.58. The summed E-state index contributed by atoms with van der Waals surface area (Å²) in [7, 11) is 4.10. The number of likely N-dealkylation sites (N-methyl/N-ethyl adjacent to an activating group) is 1. The number of thiophene rings is 1. The molecule has 5 nitrogen and oxygen atoms in total. The molecule has 0 saturated carbocycles. The molecule has 2 rings (SSSR count). The van der Waals surface area contributed by atoms with Gasteiger partial charge in [-0.15, -0.1) is 11.3 Å². The molecule has 6 heteroatoms. The van der Waals surface area contributed by atoms with E-state index in [0.717, 1.165) is 24.8 Å². The van der Waals surface area contributed by atoms with Crippen LogP contribution in [0.25, 0.3) is 0 Å². The van der Waals surface area contributed by atoms with Crippen LogP contribution in [0.1, 0.15) is 28.5 Å². The molecule has 0 spiro atoms. The number of aryl methyl sites for hydroxylation is 1. The fourth-order valence-corrected chi connectivity index (χ4v) is 3.10. The lowest BCUT2D eigenvalue weighted by Gasteiger charge is -2.23. The molecule has 0 aliphatic heterocycles. The van der Waals surface area contributed by atoms with E-state index in [-0.39, 0.29) is 6.04 Å². The van der Waals surface area contributed by atoms with Crippen molar-refractivity contribution in [1.29, 1.82) is 0 Å². The summed E-state index contributed by atoms with van der Waals surface area (Å²) in [5, 5.41) is 6.70. The molecule has 2 aromatic rings. The molecule has 0 bridgehead atoms. The molecule has 0 amide bonds. The number of furan rings is 1. The van der Waals surface area contributed by atoms with Gasteiger partial charge < -0.3 is 15.1 Å². The molecule has 0 aromatic carbocycles. The quantitative estimate of drug-likeness (QED) is 0.604. The molecule has 2 N–H and O–H groups in total. The maximum Gasteiger partial charge on any atom is 0.191 e. The minimum atomic E-state index is 0.165. The number of guanidine groups is 1. The van der Waals surface area contributed by atoms with Crippen LogP contribution in [0, 0.1) is 6.92 Å². The van der Waals surface area contributed by atoms with Crippen molar-refractivity contribution in [3.63, 3.8) is 0 Å². The zero-order valence-corrected chi connectivity index (χ0v) is 15.1. The average Bonchev–Trinajstić information content (AvgIpc) is 3.16. The first kappa shape index (κ1) is 17.6. The first-order chi connectivity index (χ1) is 11.1. The second-order valence-corrected chi connectivity index (χ2v) is 6.96. The standard InChI is InChI=1S/C17H26N4OS/c1-5-18-17(19-11-14-9-8-13(2)23-14)20-12-15(21(3)4)16-7-6-10-22-16/h6-10,15H,5,11-12H2,1-4H3,(H2,18,19,20). The van der Waals surface area contributed by atoms with E-state index in [1.807, 2.05) is 26.2 Å². The van der Waals surface area contributed by atoms with Gasteiger partial charge in [0, 0.05) is 22.8 Å². The zero-order valence-electron chi connectivity index (χ0n) is 14.3. The largest absolute Gasteiger partial charge is 0.468 e. The molecule has 0 aliphatic rings. The summed E-state index contributed by atoms with van der Waals surface area (Å²) < 4.78 is 5.54. The summed E-state index contributed by atoms with van der Waals surface area (Å²) >= 11 is 1.79. The van der Waals surface area contributed by atoms with Gasteiger partial charge in [0.1, 0.15) is 5.76 Å². The Balaban J connectivity index is 1.97. The lowest BCUT2D eigenvalue weighted by molar-refractivity contribution is 0.258. The van der Waals surface area contributed by atoms with E-state index in [0.29, 0.717) is 6.54 Å². The van der Waals surface area contributed by atoms with Crippen LogP contribution in [0.2, 0.25) is 0 Å². The maximum absolute atomic E-state index is 5.54. The predicted molar refractivity (Wildman–Crippen MR) is 97.0 cm³/mol. The van der Waals surface area contributed by atoms with Crippen LogP contribution in [-0.4, -0.2) is 38.0 Å². The molecule has 126 valence electrons. The van der Waals surface area contributed by atoms with Gasteiger partial charge in [-0.1, -0.05) is 0 Å².